The summed E-state index contributed by atoms with van der Waals surface area (Å²) in [6, 6.07) is 5.69. The molecule has 4 heteroatoms. The van der Waals surface area contributed by atoms with Gasteiger partial charge < -0.3 is 4.74 Å². The fourth-order valence-corrected chi connectivity index (χ4v) is 2.77. The molecule has 1 aliphatic carbocycles. The summed E-state index contributed by atoms with van der Waals surface area (Å²) in [5.41, 5.74) is 1.74. The second-order valence-corrected chi connectivity index (χ2v) is 4.90. The number of Topliss-reactive ketones (excluding diaryl/α,β-unsaturated/α-hetero) is 1. The van der Waals surface area contributed by atoms with Crippen LogP contribution in [0.5, 0.6) is 0 Å². The van der Waals surface area contributed by atoms with E-state index in [4.69, 9.17) is 4.74 Å². The lowest BCUT2D eigenvalue weighted by atomic mass is 10.0. The molecule has 0 saturated carbocycles. The first-order chi connectivity index (χ1) is 8.13. The number of hydrogen-bond donors (Lipinski definition) is 0. The molecule has 0 fully saturated rings. The van der Waals surface area contributed by atoms with Gasteiger partial charge in [-0.1, -0.05) is 28.1 Å². The number of rotatable bonds is 3. The number of ketones is 1. The summed E-state index contributed by atoms with van der Waals surface area (Å²) in [5.74, 6) is -0.516. The van der Waals surface area contributed by atoms with E-state index in [1.54, 1.807) is 6.92 Å². The molecule has 0 heterocycles. The zero-order chi connectivity index (χ0) is 12.4. The minimum Gasteiger partial charge on any atom is -0.466 e. The van der Waals surface area contributed by atoms with E-state index in [0.29, 0.717) is 13.0 Å². The van der Waals surface area contributed by atoms with Gasteiger partial charge in [0.1, 0.15) is 0 Å². The summed E-state index contributed by atoms with van der Waals surface area (Å²) in [5, 5.41) is 0. The number of hydrogen-bond acceptors (Lipinski definition) is 3. The first-order valence-corrected chi connectivity index (χ1v) is 6.40. The minimum atomic E-state index is -0.297. The summed E-state index contributed by atoms with van der Waals surface area (Å²) >= 11 is 3.38. The molecule has 0 amide bonds. The first kappa shape index (κ1) is 12.3. The number of carbonyl (C=O) groups is 2. The summed E-state index contributed by atoms with van der Waals surface area (Å²) < 4.78 is 5.69. The van der Waals surface area contributed by atoms with E-state index < -0.39 is 0 Å². The SMILES string of the molecule is CCOC(=O)CC1Cc2cccc(Br)c2C1=O. The zero-order valence-electron chi connectivity index (χ0n) is 9.53. The molecule has 0 bridgehead atoms. The molecule has 0 spiro atoms. The smallest absolute Gasteiger partial charge is 0.306 e. The Morgan fingerprint density at radius 1 is 1.53 bits per heavy atom. The second-order valence-electron chi connectivity index (χ2n) is 4.05. The van der Waals surface area contributed by atoms with Crippen LogP contribution >= 0.6 is 15.9 Å². The predicted octanol–water partition coefficient (Wildman–Crippen LogP) is 2.76. The van der Waals surface area contributed by atoms with Gasteiger partial charge in [-0.15, -0.1) is 0 Å². The van der Waals surface area contributed by atoms with E-state index in [0.717, 1.165) is 15.6 Å². The molecule has 3 nitrogen and oxygen atoms in total. The van der Waals surface area contributed by atoms with Crippen LogP contribution in [0.3, 0.4) is 0 Å². The average molecular weight is 297 g/mol. The maximum absolute atomic E-state index is 12.1. The van der Waals surface area contributed by atoms with Gasteiger partial charge in [-0.25, -0.2) is 0 Å². The summed E-state index contributed by atoms with van der Waals surface area (Å²) in [6.07, 6.45) is 0.806. The average Bonchev–Trinajstić information content (AvgIpc) is 2.57. The quantitative estimate of drug-likeness (QED) is 0.806. The van der Waals surface area contributed by atoms with Crippen LogP contribution in [-0.2, 0) is 16.0 Å². The van der Waals surface area contributed by atoms with Crippen molar-refractivity contribution in [2.75, 3.05) is 6.61 Å². The highest BCUT2D eigenvalue weighted by atomic mass is 79.9. The van der Waals surface area contributed by atoms with Gasteiger partial charge in [-0.2, -0.15) is 0 Å². The van der Waals surface area contributed by atoms with Gasteiger partial charge in [-0.3, -0.25) is 9.59 Å². The van der Waals surface area contributed by atoms with Crippen molar-refractivity contribution in [2.45, 2.75) is 19.8 Å². The molecule has 1 atom stereocenters. The van der Waals surface area contributed by atoms with Crippen molar-refractivity contribution in [1.82, 2.24) is 0 Å². The third kappa shape index (κ3) is 2.41. The largest absolute Gasteiger partial charge is 0.466 e. The van der Waals surface area contributed by atoms with E-state index >= 15 is 0 Å². The molecule has 0 aliphatic heterocycles. The molecule has 0 N–H and O–H groups in total. The van der Waals surface area contributed by atoms with Crippen LogP contribution in [0.2, 0.25) is 0 Å². The van der Waals surface area contributed by atoms with E-state index in [-0.39, 0.29) is 24.1 Å². The molecule has 90 valence electrons. The number of ether oxygens (including phenoxy) is 1. The van der Waals surface area contributed by atoms with Gasteiger partial charge in [0, 0.05) is 16.0 Å². The topological polar surface area (TPSA) is 43.4 Å². The van der Waals surface area contributed by atoms with Gasteiger partial charge in [0.2, 0.25) is 0 Å². The zero-order valence-corrected chi connectivity index (χ0v) is 11.1. The van der Waals surface area contributed by atoms with E-state index in [2.05, 4.69) is 15.9 Å². The molecular formula is C13H13BrO3. The predicted molar refractivity (Wildman–Crippen MR) is 66.9 cm³/mol. The Balaban J connectivity index is 2.15. The molecule has 0 aromatic heterocycles. The summed E-state index contributed by atoms with van der Waals surface area (Å²) in [6.45, 7) is 2.12. The fraction of sp³-hybridized carbons (Fsp3) is 0.385. The molecule has 1 aromatic rings. The van der Waals surface area contributed by atoms with E-state index in [1.165, 1.54) is 0 Å². The van der Waals surface area contributed by atoms with Crippen LogP contribution in [0, 0.1) is 5.92 Å². The third-order valence-corrected chi connectivity index (χ3v) is 3.56. The van der Waals surface area contributed by atoms with Gasteiger partial charge in [-0.05, 0) is 25.0 Å². The number of esters is 1. The standard InChI is InChI=1S/C13H13BrO3/c1-2-17-11(15)7-9-6-8-4-3-5-10(14)12(8)13(9)16/h3-5,9H,2,6-7H2,1H3. The Hall–Kier alpha value is -1.16. The van der Waals surface area contributed by atoms with Crippen LogP contribution in [0.1, 0.15) is 29.3 Å². The highest BCUT2D eigenvalue weighted by Gasteiger charge is 2.33. The van der Waals surface area contributed by atoms with E-state index in [1.807, 2.05) is 18.2 Å². The lowest BCUT2D eigenvalue weighted by Crippen LogP contribution is -2.16. The van der Waals surface area contributed by atoms with Crippen molar-refractivity contribution in [3.63, 3.8) is 0 Å². The Kier molecular flexibility index (Phi) is 3.62. The van der Waals surface area contributed by atoms with Gasteiger partial charge in [0.25, 0.3) is 0 Å². The highest BCUT2D eigenvalue weighted by molar-refractivity contribution is 9.10. The minimum absolute atomic E-state index is 0.0422. The first-order valence-electron chi connectivity index (χ1n) is 5.60. The molecule has 2 rings (SSSR count). The van der Waals surface area contributed by atoms with E-state index in [9.17, 15) is 9.59 Å². The number of fused-ring (bicyclic) bond motifs is 1. The maximum Gasteiger partial charge on any atom is 0.306 e. The monoisotopic (exact) mass is 296 g/mol. The molecule has 1 unspecified atom stereocenters. The van der Waals surface area contributed by atoms with Crippen molar-refractivity contribution in [3.8, 4) is 0 Å². The van der Waals surface area contributed by atoms with Crippen molar-refractivity contribution in [3.05, 3.63) is 33.8 Å². The van der Waals surface area contributed by atoms with Crippen LogP contribution in [-0.4, -0.2) is 18.4 Å². The van der Waals surface area contributed by atoms with Crippen molar-refractivity contribution in [2.24, 2.45) is 5.92 Å². The fourth-order valence-electron chi connectivity index (χ4n) is 2.16. The maximum atomic E-state index is 12.1. The lowest BCUT2D eigenvalue weighted by Gasteiger charge is -2.06. The molecule has 0 radical (unpaired) electrons. The van der Waals surface area contributed by atoms with Gasteiger partial charge >= 0.3 is 5.97 Å². The van der Waals surface area contributed by atoms with Crippen molar-refractivity contribution < 1.29 is 14.3 Å². The van der Waals surface area contributed by atoms with Crippen molar-refractivity contribution >= 4 is 27.7 Å². The number of halogens is 1. The Morgan fingerprint density at radius 2 is 2.29 bits per heavy atom. The van der Waals surface area contributed by atoms with Crippen molar-refractivity contribution in [1.29, 1.82) is 0 Å². The molecule has 0 saturated heterocycles. The van der Waals surface area contributed by atoms with Crippen LogP contribution in [0.4, 0.5) is 0 Å². The molecule has 17 heavy (non-hydrogen) atoms. The highest BCUT2D eigenvalue weighted by Crippen LogP contribution is 2.33. The van der Waals surface area contributed by atoms with Crippen LogP contribution in [0.15, 0.2) is 22.7 Å². The lowest BCUT2D eigenvalue weighted by molar-refractivity contribution is -0.143. The van der Waals surface area contributed by atoms with Crippen LogP contribution in [0.25, 0.3) is 0 Å². The van der Waals surface area contributed by atoms with Gasteiger partial charge in [0.05, 0.1) is 13.0 Å². The Morgan fingerprint density at radius 3 is 2.94 bits per heavy atom. The number of carbonyl (C=O) groups excluding carboxylic acids is 2. The summed E-state index contributed by atoms with van der Waals surface area (Å²) in [7, 11) is 0. The summed E-state index contributed by atoms with van der Waals surface area (Å²) in [4.78, 5) is 23.5. The van der Waals surface area contributed by atoms with Crippen LogP contribution < -0.4 is 0 Å². The van der Waals surface area contributed by atoms with Gasteiger partial charge in [0.15, 0.2) is 5.78 Å². The molecule has 1 aliphatic rings. The Labute approximate surface area is 108 Å². The molecular weight excluding hydrogens is 284 g/mol. The second kappa shape index (κ2) is 5.00. The third-order valence-electron chi connectivity index (χ3n) is 2.90. The normalized spacial score (nSPS) is 18.0. The Bertz CT molecular complexity index is 468. The number of benzene rings is 1. The molecule has 1 aromatic carbocycles.